The maximum absolute atomic E-state index is 14.3. The molecule has 25 nitrogen and oxygen atoms in total. The van der Waals surface area contributed by atoms with E-state index < -0.39 is 83.9 Å². The van der Waals surface area contributed by atoms with Crippen LogP contribution in [0.15, 0.2) is 131 Å². The van der Waals surface area contributed by atoms with E-state index in [1.165, 1.54) is 49.0 Å². The number of carbonyl (C=O) groups is 6. The molecule has 0 saturated carbocycles. The van der Waals surface area contributed by atoms with Crippen molar-refractivity contribution in [1.29, 1.82) is 0 Å². The number of hydrogen-bond acceptors (Lipinski definition) is 22. The molecule has 1 aliphatic rings. The summed E-state index contributed by atoms with van der Waals surface area (Å²) in [4.78, 5) is 109. The van der Waals surface area contributed by atoms with Gasteiger partial charge in [-0.3, -0.25) is 57.5 Å². The average Bonchev–Trinajstić information content (AvgIpc) is 1.48. The standard InChI is InChI=1S/C66H73N5O20/c1-44-36-71(57-35-55(91-59(74)28-27-58(72)73)56(90-57)43-89-66(47-11-9-8-10-12-47,48-17-23-52(81-2)24-18-48)49-19-25-53(82-3)26-20-49)65(80)70(64(44)79)29-30-87-31-32-88-54-21-15-45(16-22-54)13-14-46-33-50(37-68(39-60(75)83-4)40-61(76)84-5)67-51(34-46)38-69(41-62(77)85-6)42-63(78)86-7/h8-12,15-26,33-34,36,55-57H,27-32,35,37-43H2,1-7H3,(H,72,73)/t55-,56-,57-/m1/s1. The van der Waals surface area contributed by atoms with Crippen molar-refractivity contribution in [2.45, 2.75) is 69.9 Å². The lowest BCUT2D eigenvalue weighted by molar-refractivity contribution is -0.158. The van der Waals surface area contributed by atoms with E-state index in [4.69, 9.17) is 57.1 Å². The minimum absolute atomic E-state index is 0.00525. The van der Waals surface area contributed by atoms with Crippen LogP contribution >= 0.6 is 0 Å². The van der Waals surface area contributed by atoms with Gasteiger partial charge in [0, 0.05) is 42.4 Å². The second-order valence-electron chi connectivity index (χ2n) is 20.7. The van der Waals surface area contributed by atoms with Crippen LogP contribution in [0.2, 0.25) is 0 Å². The number of ether oxygens (including phenoxy) is 11. The molecule has 0 unspecified atom stereocenters. The van der Waals surface area contributed by atoms with Crippen LogP contribution in [0.25, 0.3) is 0 Å². The summed E-state index contributed by atoms with van der Waals surface area (Å²) in [6.07, 6.45) is -2.65. The molecular weight excluding hydrogens is 1180 g/mol. The second kappa shape index (κ2) is 33.8. The van der Waals surface area contributed by atoms with Crippen molar-refractivity contribution in [1.82, 2.24) is 23.9 Å². The molecule has 4 aromatic carbocycles. The van der Waals surface area contributed by atoms with Gasteiger partial charge in [-0.2, -0.15) is 0 Å². The molecule has 1 saturated heterocycles. The fraction of sp³-hybridized carbons (Fsp3) is 0.379. The van der Waals surface area contributed by atoms with Gasteiger partial charge in [-0.05, 0) is 84.3 Å². The summed E-state index contributed by atoms with van der Waals surface area (Å²) < 4.78 is 64.0. The van der Waals surface area contributed by atoms with Crippen molar-refractivity contribution in [2.24, 2.45) is 0 Å². The molecule has 482 valence electrons. The summed E-state index contributed by atoms with van der Waals surface area (Å²) in [6, 6.07) is 34.5. The third-order valence-corrected chi connectivity index (χ3v) is 14.5. The predicted molar refractivity (Wildman–Crippen MR) is 325 cm³/mol. The summed E-state index contributed by atoms with van der Waals surface area (Å²) in [5.74, 6) is 3.58. The highest BCUT2D eigenvalue weighted by Crippen LogP contribution is 2.43. The fourth-order valence-corrected chi connectivity index (χ4v) is 9.95. The number of carboxylic acids is 1. The highest BCUT2D eigenvalue weighted by Gasteiger charge is 2.44. The Balaban J connectivity index is 1.03. The van der Waals surface area contributed by atoms with E-state index >= 15 is 0 Å². The van der Waals surface area contributed by atoms with Crippen molar-refractivity contribution in [2.75, 3.05) is 95.3 Å². The van der Waals surface area contributed by atoms with Crippen LogP contribution in [0.1, 0.15) is 70.3 Å². The number of aliphatic carboxylic acids is 1. The van der Waals surface area contributed by atoms with E-state index in [-0.39, 0.29) is 84.2 Å². The second-order valence-corrected chi connectivity index (χ2v) is 20.7. The molecule has 2 aromatic heterocycles. The largest absolute Gasteiger partial charge is 0.497 e. The van der Waals surface area contributed by atoms with Gasteiger partial charge in [0.15, 0.2) is 0 Å². The molecule has 7 rings (SSSR count). The van der Waals surface area contributed by atoms with Crippen LogP contribution in [0.4, 0.5) is 0 Å². The molecule has 0 radical (unpaired) electrons. The third kappa shape index (κ3) is 19.4. The summed E-state index contributed by atoms with van der Waals surface area (Å²) in [5, 5.41) is 9.36. The van der Waals surface area contributed by atoms with Crippen LogP contribution < -0.4 is 25.5 Å². The number of aryl methyl sites for hydroxylation is 1. The van der Waals surface area contributed by atoms with Crippen molar-refractivity contribution < 1.29 is 86.0 Å². The Labute approximate surface area is 525 Å². The van der Waals surface area contributed by atoms with Crippen molar-refractivity contribution in [3.63, 3.8) is 0 Å². The minimum atomic E-state index is -1.31. The minimum Gasteiger partial charge on any atom is -0.497 e. The number of esters is 5. The van der Waals surface area contributed by atoms with Crippen molar-refractivity contribution >= 4 is 35.8 Å². The van der Waals surface area contributed by atoms with Gasteiger partial charge in [-0.25, -0.2) is 4.79 Å². The van der Waals surface area contributed by atoms with Gasteiger partial charge >= 0.3 is 41.5 Å². The number of carboxylic acid groups (broad SMARTS) is 1. The summed E-state index contributed by atoms with van der Waals surface area (Å²) in [5.41, 5.74) is 1.74. The van der Waals surface area contributed by atoms with Gasteiger partial charge in [0.1, 0.15) is 47.9 Å². The number of benzene rings is 4. The highest BCUT2D eigenvalue weighted by molar-refractivity contribution is 5.77. The first kappa shape index (κ1) is 68.8. The van der Waals surface area contributed by atoms with Crippen LogP contribution in [0.5, 0.6) is 17.2 Å². The molecule has 1 aliphatic heterocycles. The number of pyridine rings is 1. The van der Waals surface area contributed by atoms with Crippen molar-refractivity contribution in [3.05, 3.63) is 187 Å². The van der Waals surface area contributed by atoms with E-state index in [1.54, 1.807) is 57.5 Å². The number of methoxy groups -OCH3 is 6. The van der Waals surface area contributed by atoms with Gasteiger partial charge in [-0.15, -0.1) is 0 Å². The molecule has 25 heteroatoms. The molecule has 3 atom stereocenters. The van der Waals surface area contributed by atoms with Crippen LogP contribution in [0, 0.1) is 18.8 Å². The Bertz CT molecular complexity index is 3490. The third-order valence-electron chi connectivity index (χ3n) is 14.5. The Morgan fingerprint density at radius 1 is 0.626 bits per heavy atom. The summed E-state index contributed by atoms with van der Waals surface area (Å²) >= 11 is 0. The monoisotopic (exact) mass is 1260 g/mol. The lowest BCUT2D eigenvalue weighted by atomic mass is 9.80. The van der Waals surface area contributed by atoms with E-state index in [0.717, 1.165) is 21.3 Å². The zero-order valence-corrected chi connectivity index (χ0v) is 51.6. The number of carbonyl (C=O) groups excluding carboxylic acids is 5. The molecule has 6 aromatic rings. The van der Waals surface area contributed by atoms with Crippen molar-refractivity contribution in [3.8, 4) is 29.1 Å². The smallest absolute Gasteiger partial charge is 0.333 e. The average molecular weight is 1260 g/mol. The lowest BCUT2D eigenvalue weighted by Gasteiger charge is -2.37. The fourth-order valence-electron chi connectivity index (χ4n) is 9.95. The molecule has 0 amide bonds. The van der Waals surface area contributed by atoms with Crippen LogP contribution in [-0.2, 0) is 91.9 Å². The summed E-state index contributed by atoms with van der Waals surface area (Å²) in [6.45, 7) is 0.307. The van der Waals surface area contributed by atoms with E-state index in [2.05, 4.69) is 11.8 Å². The topological polar surface area (TPSA) is 288 Å². The highest BCUT2D eigenvalue weighted by atomic mass is 16.6. The zero-order valence-electron chi connectivity index (χ0n) is 51.6. The van der Waals surface area contributed by atoms with Crippen LogP contribution in [-0.4, -0.2) is 172 Å². The SMILES string of the molecule is COC(=O)CN(CC(=O)OC)Cc1cc(C#Cc2ccc(OCCOCCn3c(=O)c(C)cn([C@H]4C[C@@H](OC(=O)CCC(=O)O)[C@@H](COC(c5ccccc5)(c5ccc(OC)cc5)c5ccc(OC)cc5)O4)c3=O)cc2)cc(CN(CC(=O)OC)CC(=O)OC)n1. The maximum Gasteiger partial charge on any atom is 0.333 e. The molecule has 0 aliphatic carbocycles. The van der Waals surface area contributed by atoms with Gasteiger partial charge in [0.05, 0.1) is 119 Å². The Morgan fingerprint density at radius 3 is 1.64 bits per heavy atom. The van der Waals surface area contributed by atoms with Gasteiger partial charge < -0.3 is 57.2 Å². The first-order chi connectivity index (χ1) is 43.9. The van der Waals surface area contributed by atoms with E-state index in [0.29, 0.717) is 39.8 Å². The Morgan fingerprint density at radius 2 is 1.13 bits per heavy atom. The molecule has 3 heterocycles. The normalized spacial score (nSPS) is 14.4. The van der Waals surface area contributed by atoms with Crippen LogP contribution in [0.3, 0.4) is 0 Å². The zero-order chi connectivity index (χ0) is 65.5. The molecular formula is C66H73N5O20. The van der Waals surface area contributed by atoms with E-state index in [1.807, 2.05) is 78.9 Å². The van der Waals surface area contributed by atoms with E-state index in [9.17, 15) is 43.5 Å². The quantitative estimate of drug-likeness (QED) is 0.0199. The number of aromatic nitrogens is 3. The molecule has 91 heavy (non-hydrogen) atoms. The molecule has 0 spiro atoms. The maximum atomic E-state index is 14.3. The number of rotatable bonds is 32. The Kier molecular flexibility index (Phi) is 25.5. The first-order valence-electron chi connectivity index (χ1n) is 28.8. The molecule has 0 bridgehead atoms. The number of hydrogen-bond donors (Lipinski definition) is 1. The summed E-state index contributed by atoms with van der Waals surface area (Å²) in [7, 11) is 8.03. The molecule has 1 N–H and O–H groups in total. The Hall–Kier alpha value is -9.71. The molecule has 1 fully saturated rings. The first-order valence-corrected chi connectivity index (χ1v) is 28.8. The van der Waals surface area contributed by atoms with Gasteiger partial charge in [-0.1, -0.05) is 66.4 Å². The predicted octanol–water partition coefficient (Wildman–Crippen LogP) is 4.59. The van der Waals surface area contributed by atoms with Gasteiger partial charge in [0.2, 0.25) is 0 Å². The lowest BCUT2D eigenvalue weighted by Crippen LogP contribution is -2.43. The number of nitrogens with zero attached hydrogens (tertiary/aromatic N) is 5. The van der Waals surface area contributed by atoms with Gasteiger partial charge in [0.25, 0.3) is 5.56 Å².